The summed E-state index contributed by atoms with van der Waals surface area (Å²) in [6.45, 7) is 5.37. The van der Waals surface area contributed by atoms with Crippen LogP contribution in [0.25, 0.3) is 0 Å². The summed E-state index contributed by atoms with van der Waals surface area (Å²) in [6.07, 6.45) is 0.875. The highest BCUT2D eigenvalue weighted by molar-refractivity contribution is 9.10. The smallest absolute Gasteiger partial charge is 0.175 e. The van der Waals surface area contributed by atoms with Gasteiger partial charge >= 0.3 is 0 Å². The topological polar surface area (TPSA) is 38.7 Å². The Bertz CT molecular complexity index is 415. The van der Waals surface area contributed by atoms with Crippen LogP contribution < -0.4 is 9.47 Å². The van der Waals surface area contributed by atoms with E-state index < -0.39 is 0 Å². The van der Waals surface area contributed by atoms with Gasteiger partial charge in [-0.3, -0.25) is 0 Å². The minimum atomic E-state index is -0.335. The maximum absolute atomic E-state index is 9.48. The second-order valence-electron chi connectivity index (χ2n) is 4.85. The van der Waals surface area contributed by atoms with E-state index >= 15 is 0 Å². The number of aliphatic hydroxyl groups excluding tert-OH is 1. The van der Waals surface area contributed by atoms with Gasteiger partial charge in [0.25, 0.3) is 0 Å². The van der Waals surface area contributed by atoms with Crippen LogP contribution in [0.4, 0.5) is 0 Å². The lowest BCUT2D eigenvalue weighted by Crippen LogP contribution is -2.23. The molecule has 0 aromatic heterocycles. The van der Waals surface area contributed by atoms with Crippen LogP contribution >= 0.6 is 15.9 Å². The fourth-order valence-electron chi connectivity index (χ4n) is 1.84. The molecular weight excluding hydrogens is 284 g/mol. The lowest BCUT2D eigenvalue weighted by molar-refractivity contribution is 0.212. The average Bonchev–Trinajstić information content (AvgIpc) is 2.55. The molecule has 0 saturated heterocycles. The molecule has 0 saturated carbocycles. The third-order valence-electron chi connectivity index (χ3n) is 2.97. The molecule has 1 N–H and O–H groups in total. The molecule has 0 aliphatic carbocycles. The molecule has 3 nitrogen and oxygen atoms in total. The Morgan fingerprint density at radius 2 is 1.88 bits per heavy atom. The molecule has 0 amide bonds. The van der Waals surface area contributed by atoms with Gasteiger partial charge in [0, 0.05) is 17.4 Å². The highest BCUT2D eigenvalue weighted by atomic mass is 79.9. The number of benzene rings is 1. The highest BCUT2D eigenvalue weighted by Gasteiger charge is 2.28. The number of fused-ring (bicyclic) bond motifs is 1. The minimum absolute atomic E-state index is 0.0738. The number of aliphatic hydroxyl groups is 1. The maximum atomic E-state index is 9.48. The third kappa shape index (κ3) is 2.43. The fourth-order valence-corrected chi connectivity index (χ4v) is 2.27. The van der Waals surface area contributed by atoms with Gasteiger partial charge in [0.05, 0.1) is 24.3 Å². The molecule has 2 rings (SSSR count). The lowest BCUT2D eigenvalue weighted by Gasteiger charge is -2.26. The fraction of sp³-hybridized carbons (Fsp3) is 0.538. The first-order chi connectivity index (χ1) is 8.06. The summed E-state index contributed by atoms with van der Waals surface area (Å²) >= 11 is 3.47. The molecule has 0 bridgehead atoms. The van der Waals surface area contributed by atoms with Crippen molar-refractivity contribution in [2.24, 2.45) is 0 Å². The minimum Gasteiger partial charge on any atom is -0.489 e. The van der Waals surface area contributed by atoms with Gasteiger partial charge in [0.1, 0.15) is 0 Å². The van der Waals surface area contributed by atoms with Crippen LogP contribution in [0.1, 0.15) is 25.8 Å². The standard InChI is InChI=1S/C13H17BrO3/c1-13(2,8-15)9-4-5-10(14)12-11(9)16-6-3-7-17-12/h4-5,15H,3,6-8H2,1-2H3. The Kier molecular flexibility index (Phi) is 3.64. The van der Waals surface area contributed by atoms with Crippen LogP contribution in [0, 0.1) is 0 Å². The van der Waals surface area contributed by atoms with Gasteiger partial charge in [-0.1, -0.05) is 19.9 Å². The van der Waals surface area contributed by atoms with E-state index in [0.717, 1.165) is 28.0 Å². The van der Waals surface area contributed by atoms with Crippen molar-refractivity contribution in [3.05, 3.63) is 22.2 Å². The average molecular weight is 301 g/mol. The van der Waals surface area contributed by atoms with E-state index in [1.807, 2.05) is 26.0 Å². The molecule has 0 fully saturated rings. The molecular formula is C13H17BrO3. The van der Waals surface area contributed by atoms with E-state index in [1.165, 1.54) is 0 Å². The molecule has 1 heterocycles. The van der Waals surface area contributed by atoms with Gasteiger partial charge in [-0.2, -0.15) is 0 Å². The van der Waals surface area contributed by atoms with Crippen molar-refractivity contribution >= 4 is 15.9 Å². The molecule has 0 atom stereocenters. The Morgan fingerprint density at radius 1 is 1.24 bits per heavy atom. The monoisotopic (exact) mass is 300 g/mol. The predicted molar refractivity (Wildman–Crippen MR) is 69.9 cm³/mol. The molecule has 4 heteroatoms. The first-order valence-electron chi connectivity index (χ1n) is 5.76. The largest absolute Gasteiger partial charge is 0.489 e. The molecule has 17 heavy (non-hydrogen) atoms. The maximum Gasteiger partial charge on any atom is 0.175 e. The molecule has 1 aliphatic heterocycles. The Morgan fingerprint density at radius 3 is 2.53 bits per heavy atom. The van der Waals surface area contributed by atoms with Crippen molar-refractivity contribution in [3.63, 3.8) is 0 Å². The van der Waals surface area contributed by atoms with Gasteiger partial charge in [-0.05, 0) is 22.0 Å². The number of rotatable bonds is 2. The highest BCUT2D eigenvalue weighted by Crippen LogP contribution is 2.44. The summed E-state index contributed by atoms with van der Waals surface area (Å²) in [5.41, 5.74) is 0.651. The Hall–Kier alpha value is -0.740. The summed E-state index contributed by atoms with van der Waals surface area (Å²) in [4.78, 5) is 0. The van der Waals surface area contributed by atoms with Gasteiger partial charge in [-0.25, -0.2) is 0 Å². The van der Waals surface area contributed by atoms with Crippen LogP contribution in [-0.4, -0.2) is 24.9 Å². The summed E-state index contributed by atoms with van der Waals surface area (Å²) < 4.78 is 12.4. The van der Waals surface area contributed by atoms with E-state index in [1.54, 1.807) is 0 Å². The number of hydrogen-bond donors (Lipinski definition) is 1. The van der Waals surface area contributed by atoms with Crippen LogP contribution in [0.3, 0.4) is 0 Å². The zero-order chi connectivity index (χ0) is 12.5. The van der Waals surface area contributed by atoms with Crippen molar-refractivity contribution < 1.29 is 14.6 Å². The van der Waals surface area contributed by atoms with Crippen LogP contribution in [0.2, 0.25) is 0 Å². The second kappa shape index (κ2) is 4.86. The van der Waals surface area contributed by atoms with Crippen LogP contribution in [0.15, 0.2) is 16.6 Å². The molecule has 0 radical (unpaired) electrons. The quantitative estimate of drug-likeness (QED) is 0.913. The Balaban J connectivity index is 2.54. The molecule has 1 aromatic rings. The van der Waals surface area contributed by atoms with E-state index in [2.05, 4.69) is 15.9 Å². The van der Waals surface area contributed by atoms with Gasteiger partial charge < -0.3 is 14.6 Å². The van der Waals surface area contributed by atoms with E-state index in [4.69, 9.17) is 9.47 Å². The first kappa shape index (κ1) is 12.7. The van der Waals surface area contributed by atoms with Gasteiger partial charge in [-0.15, -0.1) is 0 Å². The molecule has 94 valence electrons. The zero-order valence-corrected chi connectivity index (χ0v) is 11.7. The third-order valence-corrected chi connectivity index (χ3v) is 3.59. The zero-order valence-electron chi connectivity index (χ0n) is 10.1. The van der Waals surface area contributed by atoms with Crippen molar-refractivity contribution in [1.82, 2.24) is 0 Å². The number of hydrogen-bond acceptors (Lipinski definition) is 3. The number of ether oxygens (including phenoxy) is 2. The number of halogens is 1. The van der Waals surface area contributed by atoms with Crippen molar-refractivity contribution in [3.8, 4) is 11.5 Å². The first-order valence-corrected chi connectivity index (χ1v) is 6.55. The molecule has 0 unspecified atom stereocenters. The van der Waals surface area contributed by atoms with Crippen molar-refractivity contribution in [2.45, 2.75) is 25.7 Å². The lowest BCUT2D eigenvalue weighted by atomic mass is 9.85. The molecule has 1 aliphatic rings. The van der Waals surface area contributed by atoms with Crippen LogP contribution in [-0.2, 0) is 5.41 Å². The second-order valence-corrected chi connectivity index (χ2v) is 5.70. The normalized spacial score (nSPS) is 15.5. The predicted octanol–water partition coefficient (Wildman–Crippen LogP) is 2.88. The van der Waals surface area contributed by atoms with Crippen molar-refractivity contribution in [1.29, 1.82) is 0 Å². The van der Waals surface area contributed by atoms with E-state index in [-0.39, 0.29) is 12.0 Å². The summed E-state index contributed by atoms with van der Waals surface area (Å²) in [5.74, 6) is 1.51. The molecule has 1 aromatic carbocycles. The van der Waals surface area contributed by atoms with Crippen LogP contribution in [0.5, 0.6) is 11.5 Å². The SMILES string of the molecule is CC(C)(CO)c1ccc(Br)c2c1OCCCO2. The summed E-state index contributed by atoms with van der Waals surface area (Å²) in [7, 11) is 0. The van der Waals surface area contributed by atoms with E-state index in [0.29, 0.717) is 13.2 Å². The van der Waals surface area contributed by atoms with Gasteiger partial charge in [0.15, 0.2) is 11.5 Å². The van der Waals surface area contributed by atoms with Crippen molar-refractivity contribution in [2.75, 3.05) is 19.8 Å². The summed E-state index contributed by atoms with van der Waals surface area (Å²) in [5, 5.41) is 9.48. The van der Waals surface area contributed by atoms with Gasteiger partial charge in [0.2, 0.25) is 0 Å². The van der Waals surface area contributed by atoms with E-state index in [9.17, 15) is 5.11 Å². The summed E-state index contributed by atoms with van der Waals surface area (Å²) in [6, 6.07) is 3.92. The molecule has 0 spiro atoms. The Labute approximate surface area is 110 Å².